The lowest BCUT2D eigenvalue weighted by molar-refractivity contribution is 0.204. The predicted octanol–water partition coefficient (Wildman–Crippen LogP) is 3.55. The van der Waals surface area contributed by atoms with Gasteiger partial charge in [-0.3, -0.25) is 9.88 Å². The van der Waals surface area contributed by atoms with Crippen LogP contribution in [-0.2, 0) is 19.4 Å². The van der Waals surface area contributed by atoms with Crippen LogP contribution in [0.5, 0.6) is 0 Å². The lowest BCUT2D eigenvalue weighted by Crippen LogP contribution is -2.28. The molecule has 2 aliphatic rings. The van der Waals surface area contributed by atoms with Crippen molar-refractivity contribution in [2.45, 2.75) is 51.1 Å². The molecule has 2 aromatic heterocycles. The third-order valence-corrected chi connectivity index (χ3v) is 5.63. The number of aryl methyl sites for hydroxylation is 1. The molecule has 5 nitrogen and oxygen atoms in total. The third kappa shape index (κ3) is 3.89. The van der Waals surface area contributed by atoms with Crippen molar-refractivity contribution < 1.29 is 0 Å². The van der Waals surface area contributed by atoms with E-state index in [1.807, 2.05) is 12.3 Å². The van der Waals surface area contributed by atoms with Crippen LogP contribution in [0, 0.1) is 0 Å². The maximum absolute atomic E-state index is 5.71. The number of H-pyrrole nitrogens is 1. The van der Waals surface area contributed by atoms with Crippen LogP contribution in [0.2, 0.25) is 0 Å². The summed E-state index contributed by atoms with van der Waals surface area (Å²) in [4.78, 5) is 15.6. The second-order valence-electron chi connectivity index (χ2n) is 7.60. The number of nitrogens with zero attached hydrogens (tertiary/aromatic N) is 3. The largest absolute Gasteiger partial charge is 0.344 e. The molecule has 0 bridgehead atoms. The highest BCUT2D eigenvalue weighted by Gasteiger charge is 2.26. The lowest BCUT2D eigenvalue weighted by atomic mass is 9.91. The number of allylic oxidation sites excluding steroid dienone is 4. The van der Waals surface area contributed by atoms with Crippen LogP contribution in [0.25, 0.3) is 5.57 Å². The highest BCUT2D eigenvalue weighted by atomic mass is 15.2. The Morgan fingerprint density at radius 2 is 2.30 bits per heavy atom. The molecule has 27 heavy (non-hydrogen) atoms. The summed E-state index contributed by atoms with van der Waals surface area (Å²) in [6.45, 7) is 1.52. The molecule has 5 heteroatoms. The maximum atomic E-state index is 5.71. The van der Waals surface area contributed by atoms with E-state index in [2.05, 4.69) is 46.2 Å². The first-order valence-corrected chi connectivity index (χ1v) is 10.0. The van der Waals surface area contributed by atoms with Crippen LogP contribution in [0.3, 0.4) is 0 Å². The fraction of sp³-hybridized carbons (Fsp3) is 0.455. The van der Waals surface area contributed by atoms with Gasteiger partial charge in [-0.25, -0.2) is 4.98 Å². The minimum atomic E-state index is 0.368. The lowest BCUT2D eigenvalue weighted by Gasteiger charge is -2.31. The van der Waals surface area contributed by atoms with E-state index in [9.17, 15) is 0 Å². The van der Waals surface area contributed by atoms with Crippen LogP contribution in [0.4, 0.5) is 0 Å². The standard InChI is InChI=1S/C22H29N5/c1-27(19-12-4-8-17-10-6-14-24-22(17)19)15-20-25-18-11-3-2-7-16(9-5-13-23)21(18)26-20/h2-3,6-7,10,14,19H,4-5,8-9,11-13,15,23H2,1H3,(H,25,26). The van der Waals surface area contributed by atoms with Crippen molar-refractivity contribution in [3.05, 3.63) is 65.0 Å². The molecule has 142 valence electrons. The quantitative estimate of drug-likeness (QED) is 0.823. The Morgan fingerprint density at radius 3 is 3.19 bits per heavy atom. The number of rotatable bonds is 6. The first-order chi connectivity index (χ1) is 13.3. The van der Waals surface area contributed by atoms with E-state index in [1.54, 1.807) is 0 Å². The van der Waals surface area contributed by atoms with Gasteiger partial charge in [-0.05, 0) is 62.9 Å². The maximum Gasteiger partial charge on any atom is 0.121 e. The summed E-state index contributed by atoms with van der Waals surface area (Å²) in [5, 5.41) is 0. The Kier molecular flexibility index (Phi) is 5.50. The number of aromatic amines is 1. The van der Waals surface area contributed by atoms with Crippen LogP contribution in [0.15, 0.2) is 36.6 Å². The molecule has 0 aliphatic heterocycles. The number of hydrogen-bond acceptors (Lipinski definition) is 4. The van der Waals surface area contributed by atoms with Crippen LogP contribution >= 0.6 is 0 Å². The Bertz CT molecular complexity index is 848. The monoisotopic (exact) mass is 363 g/mol. The zero-order valence-corrected chi connectivity index (χ0v) is 16.1. The number of aromatic nitrogens is 3. The Morgan fingerprint density at radius 1 is 1.37 bits per heavy atom. The molecule has 2 heterocycles. The summed E-state index contributed by atoms with van der Waals surface area (Å²) >= 11 is 0. The number of nitrogens with one attached hydrogen (secondary N) is 1. The smallest absolute Gasteiger partial charge is 0.121 e. The van der Waals surface area contributed by atoms with Gasteiger partial charge in [-0.15, -0.1) is 0 Å². The van der Waals surface area contributed by atoms with Gasteiger partial charge in [0.1, 0.15) is 5.82 Å². The number of fused-ring (bicyclic) bond motifs is 2. The van der Waals surface area contributed by atoms with Gasteiger partial charge in [0.2, 0.25) is 0 Å². The van der Waals surface area contributed by atoms with Gasteiger partial charge < -0.3 is 10.7 Å². The average Bonchev–Trinajstić information content (AvgIpc) is 2.99. The zero-order chi connectivity index (χ0) is 18.6. The Hall–Kier alpha value is -2.24. The molecule has 4 rings (SSSR count). The van der Waals surface area contributed by atoms with E-state index < -0.39 is 0 Å². The van der Waals surface area contributed by atoms with E-state index in [4.69, 9.17) is 10.7 Å². The normalized spacial score (nSPS) is 18.8. The van der Waals surface area contributed by atoms with Gasteiger partial charge in [-0.2, -0.15) is 0 Å². The van der Waals surface area contributed by atoms with Crippen molar-refractivity contribution >= 4 is 5.57 Å². The molecule has 0 spiro atoms. The molecule has 0 radical (unpaired) electrons. The van der Waals surface area contributed by atoms with Crippen molar-refractivity contribution in [2.75, 3.05) is 13.6 Å². The molecule has 2 aliphatic carbocycles. The SMILES string of the molecule is CN(Cc1nc2c([nH]1)CC=CC=C2CCCN)C1CCCc2cccnc21. The van der Waals surface area contributed by atoms with Crippen LogP contribution in [0.1, 0.15) is 60.2 Å². The number of imidazole rings is 1. The Balaban J connectivity index is 1.53. The first-order valence-electron chi connectivity index (χ1n) is 10.0. The second-order valence-corrected chi connectivity index (χ2v) is 7.60. The third-order valence-electron chi connectivity index (χ3n) is 5.63. The van der Waals surface area contributed by atoms with E-state index in [0.717, 1.165) is 50.2 Å². The van der Waals surface area contributed by atoms with Gasteiger partial charge in [-0.1, -0.05) is 24.3 Å². The molecule has 0 fully saturated rings. The molecular weight excluding hydrogens is 334 g/mol. The van der Waals surface area contributed by atoms with E-state index in [-0.39, 0.29) is 0 Å². The van der Waals surface area contributed by atoms with Crippen molar-refractivity contribution in [1.29, 1.82) is 0 Å². The molecule has 0 saturated heterocycles. The molecule has 2 aromatic rings. The Labute approximate surface area is 161 Å². The highest BCUT2D eigenvalue weighted by molar-refractivity contribution is 5.67. The van der Waals surface area contributed by atoms with Gasteiger partial charge in [0.25, 0.3) is 0 Å². The minimum Gasteiger partial charge on any atom is -0.344 e. The second kappa shape index (κ2) is 8.19. The zero-order valence-electron chi connectivity index (χ0n) is 16.1. The fourth-order valence-electron chi connectivity index (χ4n) is 4.26. The fourth-order valence-corrected chi connectivity index (χ4v) is 4.26. The predicted molar refractivity (Wildman–Crippen MR) is 109 cm³/mol. The summed E-state index contributed by atoms with van der Waals surface area (Å²) in [6.07, 6.45) is 14.8. The van der Waals surface area contributed by atoms with E-state index in [1.165, 1.54) is 28.9 Å². The van der Waals surface area contributed by atoms with Crippen molar-refractivity contribution in [1.82, 2.24) is 19.9 Å². The van der Waals surface area contributed by atoms with Crippen LogP contribution in [-0.4, -0.2) is 33.4 Å². The molecule has 0 amide bonds. The summed E-state index contributed by atoms with van der Waals surface area (Å²) in [5.41, 5.74) is 12.0. The topological polar surface area (TPSA) is 70.8 Å². The number of pyridine rings is 1. The highest BCUT2D eigenvalue weighted by Crippen LogP contribution is 2.33. The average molecular weight is 364 g/mol. The van der Waals surface area contributed by atoms with Gasteiger partial charge in [0.05, 0.1) is 24.0 Å². The van der Waals surface area contributed by atoms with E-state index >= 15 is 0 Å². The van der Waals surface area contributed by atoms with Gasteiger partial charge in [0, 0.05) is 18.3 Å². The molecule has 3 N–H and O–H groups in total. The molecule has 0 saturated carbocycles. The van der Waals surface area contributed by atoms with Crippen molar-refractivity contribution in [2.24, 2.45) is 5.73 Å². The molecule has 0 aromatic carbocycles. The van der Waals surface area contributed by atoms with Gasteiger partial charge >= 0.3 is 0 Å². The number of nitrogens with two attached hydrogens (primary N) is 1. The van der Waals surface area contributed by atoms with Crippen molar-refractivity contribution in [3.8, 4) is 0 Å². The van der Waals surface area contributed by atoms with Crippen molar-refractivity contribution in [3.63, 3.8) is 0 Å². The molecule has 1 atom stereocenters. The first kappa shape index (κ1) is 18.1. The van der Waals surface area contributed by atoms with E-state index in [0.29, 0.717) is 12.6 Å². The summed E-state index contributed by atoms with van der Waals surface area (Å²) in [7, 11) is 2.19. The van der Waals surface area contributed by atoms with Gasteiger partial charge in [0.15, 0.2) is 0 Å². The minimum absolute atomic E-state index is 0.368. The summed E-state index contributed by atoms with van der Waals surface area (Å²) in [6, 6.07) is 4.64. The summed E-state index contributed by atoms with van der Waals surface area (Å²) in [5.74, 6) is 1.04. The number of hydrogen-bond donors (Lipinski definition) is 2. The molecule has 1 unspecified atom stereocenters. The van der Waals surface area contributed by atoms with Crippen LogP contribution < -0.4 is 5.73 Å². The molecular formula is C22H29N5. The summed E-state index contributed by atoms with van der Waals surface area (Å²) < 4.78 is 0.